The molecule has 0 aromatic heterocycles. The fraction of sp³-hybridized carbons (Fsp3) is 0.514. The normalized spacial score (nSPS) is 22.0. The van der Waals surface area contributed by atoms with Crippen molar-refractivity contribution in [3.63, 3.8) is 0 Å². The van der Waals surface area contributed by atoms with Crippen LogP contribution in [0.1, 0.15) is 73.1 Å². The zero-order valence-electron chi connectivity index (χ0n) is 25.1. The number of benzene rings is 3. The smallest absolute Gasteiger partial charge is 0.316 e. The number of hydrogen-bond donors (Lipinski definition) is 0. The quantitative estimate of drug-likeness (QED) is 0.153. The number of ether oxygens (including phenoxy) is 3. The van der Waals surface area contributed by atoms with Crippen LogP contribution in [-0.4, -0.2) is 31.1 Å². The third kappa shape index (κ3) is 5.98. The summed E-state index contributed by atoms with van der Waals surface area (Å²) in [4.78, 5) is 40.1. The Labute approximate surface area is 242 Å². The molecule has 0 saturated heterocycles. The van der Waals surface area contributed by atoms with Gasteiger partial charge < -0.3 is 14.2 Å². The largest absolute Gasteiger partial charge is 0.469 e. The van der Waals surface area contributed by atoms with E-state index in [4.69, 9.17) is 14.2 Å². The average molecular weight is 559 g/mol. The molecule has 0 radical (unpaired) electrons. The van der Waals surface area contributed by atoms with Crippen LogP contribution in [0.15, 0.2) is 54.6 Å². The highest BCUT2D eigenvalue weighted by atomic mass is 16.5. The molecule has 5 rings (SSSR count). The van der Waals surface area contributed by atoms with E-state index in [0.29, 0.717) is 17.6 Å². The van der Waals surface area contributed by atoms with Crippen molar-refractivity contribution in [2.24, 2.45) is 28.1 Å². The lowest BCUT2D eigenvalue weighted by Gasteiger charge is -2.39. The van der Waals surface area contributed by atoms with Gasteiger partial charge in [0.25, 0.3) is 0 Å². The van der Waals surface area contributed by atoms with E-state index in [0.717, 1.165) is 40.8 Å². The minimum Gasteiger partial charge on any atom is -0.469 e. The summed E-state index contributed by atoms with van der Waals surface area (Å²) in [5.74, 6) is 0.289. The Bertz CT molecular complexity index is 1490. The van der Waals surface area contributed by atoms with Gasteiger partial charge in [0, 0.05) is 0 Å². The zero-order chi connectivity index (χ0) is 29.6. The Kier molecular flexibility index (Phi) is 7.65. The van der Waals surface area contributed by atoms with Crippen LogP contribution in [0, 0.1) is 28.1 Å². The molecule has 0 heterocycles. The summed E-state index contributed by atoms with van der Waals surface area (Å²) >= 11 is 0. The molecule has 4 atom stereocenters. The van der Waals surface area contributed by atoms with Crippen LogP contribution in [0.4, 0.5) is 0 Å². The highest BCUT2D eigenvalue weighted by Gasteiger charge is 2.51. The van der Waals surface area contributed by atoms with Gasteiger partial charge >= 0.3 is 17.9 Å². The Hall–Kier alpha value is -3.41. The molecule has 218 valence electrons. The van der Waals surface area contributed by atoms with Crippen LogP contribution < -0.4 is 4.74 Å². The minimum absolute atomic E-state index is 0.0921. The first-order valence-corrected chi connectivity index (χ1v) is 14.7. The fourth-order valence-corrected chi connectivity index (χ4v) is 7.42. The molecule has 0 aliphatic heterocycles. The van der Waals surface area contributed by atoms with E-state index in [1.807, 2.05) is 31.2 Å². The molecule has 6 nitrogen and oxygen atoms in total. The van der Waals surface area contributed by atoms with Gasteiger partial charge in [0.1, 0.15) is 11.9 Å². The molecular weight excluding hydrogens is 516 g/mol. The standard InChI is InChI=1S/C35H42O6/c1-33(2,30(36)39-6)20-35(5,32(38)41-29-16-22-11-12-26(29)15-22)21-34(3,4)31(37)40-28-14-13-25-17-23-9-7-8-10-24(23)18-27(25)19-28/h7-10,13-14,17-19,22,26,29H,11-12,15-16,20-21H2,1-6H3. The number of hydrogen-bond acceptors (Lipinski definition) is 6. The van der Waals surface area contributed by atoms with Gasteiger partial charge in [-0.1, -0.05) is 30.3 Å². The summed E-state index contributed by atoms with van der Waals surface area (Å²) in [7, 11) is 1.35. The summed E-state index contributed by atoms with van der Waals surface area (Å²) in [6, 6.07) is 18.0. The molecule has 2 aliphatic carbocycles. The Morgan fingerprint density at radius 2 is 1.34 bits per heavy atom. The first kappa shape index (κ1) is 29.1. The van der Waals surface area contributed by atoms with E-state index in [1.165, 1.54) is 13.5 Å². The van der Waals surface area contributed by atoms with Crippen molar-refractivity contribution in [2.45, 2.75) is 79.2 Å². The molecule has 2 aliphatic rings. The molecule has 6 heteroatoms. The lowest BCUT2D eigenvalue weighted by Crippen LogP contribution is -2.45. The summed E-state index contributed by atoms with van der Waals surface area (Å²) in [6.07, 6.45) is 4.56. The molecule has 3 aromatic rings. The lowest BCUT2D eigenvalue weighted by atomic mass is 9.66. The molecule has 3 aromatic carbocycles. The van der Waals surface area contributed by atoms with Crippen molar-refractivity contribution >= 4 is 39.5 Å². The van der Waals surface area contributed by atoms with Crippen molar-refractivity contribution in [3.05, 3.63) is 54.6 Å². The number of carbonyl (C=O) groups is 3. The second kappa shape index (κ2) is 10.8. The molecule has 2 fully saturated rings. The molecular formula is C35H42O6. The van der Waals surface area contributed by atoms with Gasteiger partial charge in [-0.25, -0.2) is 0 Å². The van der Waals surface area contributed by atoms with Crippen molar-refractivity contribution in [1.29, 1.82) is 0 Å². The van der Waals surface area contributed by atoms with Crippen molar-refractivity contribution in [3.8, 4) is 5.75 Å². The van der Waals surface area contributed by atoms with E-state index < -0.39 is 28.2 Å². The van der Waals surface area contributed by atoms with Gasteiger partial charge in [0.15, 0.2) is 0 Å². The van der Waals surface area contributed by atoms with Gasteiger partial charge in [0.2, 0.25) is 0 Å². The van der Waals surface area contributed by atoms with E-state index in [-0.39, 0.29) is 24.9 Å². The molecule has 0 amide bonds. The average Bonchev–Trinajstić information content (AvgIpc) is 3.54. The maximum atomic E-state index is 13.9. The highest BCUT2D eigenvalue weighted by molar-refractivity contribution is 5.99. The molecule has 4 unspecified atom stereocenters. The van der Waals surface area contributed by atoms with Crippen LogP contribution in [-0.2, 0) is 23.9 Å². The predicted molar refractivity (Wildman–Crippen MR) is 159 cm³/mol. The van der Waals surface area contributed by atoms with Gasteiger partial charge in [0.05, 0.1) is 23.4 Å². The maximum Gasteiger partial charge on any atom is 0.316 e. The van der Waals surface area contributed by atoms with Crippen LogP contribution in [0.2, 0.25) is 0 Å². The highest BCUT2D eigenvalue weighted by Crippen LogP contribution is 2.49. The number of esters is 3. The fourth-order valence-electron chi connectivity index (χ4n) is 7.42. The van der Waals surface area contributed by atoms with Crippen LogP contribution in [0.3, 0.4) is 0 Å². The molecule has 2 saturated carbocycles. The molecule has 41 heavy (non-hydrogen) atoms. The second-order valence-electron chi connectivity index (χ2n) is 13.9. The van der Waals surface area contributed by atoms with Crippen LogP contribution in [0.25, 0.3) is 21.5 Å². The van der Waals surface area contributed by atoms with E-state index in [9.17, 15) is 14.4 Å². The number of methoxy groups -OCH3 is 1. The molecule has 0 spiro atoms. The van der Waals surface area contributed by atoms with Gasteiger partial charge in [-0.05, 0) is 131 Å². The topological polar surface area (TPSA) is 78.9 Å². The Morgan fingerprint density at radius 3 is 1.93 bits per heavy atom. The minimum atomic E-state index is -1.11. The monoisotopic (exact) mass is 558 g/mol. The van der Waals surface area contributed by atoms with Crippen molar-refractivity contribution in [2.75, 3.05) is 7.11 Å². The SMILES string of the molecule is COC(=O)C(C)(C)CC(C)(CC(C)(C)C(=O)Oc1ccc2cc3ccccc3cc2c1)C(=O)OC1CC2CCC1C2. The first-order valence-electron chi connectivity index (χ1n) is 14.7. The molecule has 2 bridgehead atoms. The van der Waals surface area contributed by atoms with Gasteiger partial charge in [-0.3, -0.25) is 14.4 Å². The Balaban J connectivity index is 1.36. The first-order chi connectivity index (χ1) is 19.3. The summed E-state index contributed by atoms with van der Waals surface area (Å²) in [5, 5.41) is 4.30. The summed E-state index contributed by atoms with van der Waals surface area (Å²) < 4.78 is 17.1. The predicted octanol–water partition coefficient (Wildman–Crippen LogP) is 7.64. The Morgan fingerprint density at radius 1 is 0.732 bits per heavy atom. The number of rotatable bonds is 9. The van der Waals surface area contributed by atoms with Crippen molar-refractivity contribution < 1.29 is 28.6 Å². The van der Waals surface area contributed by atoms with Gasteiger partial charge in [-0.15, -0.1) is 0 Å². The number of fused-ring (bicyclic) bond motifs is 4. The van der Waals surface area contributed by atoms with Crippen molar-refractivity contribution in [1.82, 2.24) is 0 Å². The van der Waals surface area contributed by atoms with Crippen LogP contribution >= 0.6 is 0 Å². The number of carbonyl (C=O) groups excluding carboxylic acids is 3. The third-order valence-electron chi connectivity index (χ3n) is 9.27. The second-order valence-corrected chi connectivity index (χ2v) is 13.9. The van der Waals surface area contributed by atoms with Crippen LogP contribution in [0.5, 0.6) is 5.75 Å². The molecule has 0 N–H and O–H groups in total. The zero-order valence-corrected chi connectivity index (χ0v) is 25.1. The summed E-state index contributed by atoms with van der Waals surface area (Å²) in [5.41, 5.74) is -3.09. The van der Waals surface area contributed by atoms with E-state index in [2.05, 4.69) is 24.3 Å². The van der Waals surface area contributed by atoms with Gasteiger partial charge in [-0.2, -0.15) is 0 Å². The van der Waals surface area contributed by atoms with E-state index in [1.54, 1.807) is 33.8 Å². The lowest BCUT2D eigenvalue weighted by molar-refractivity contribution is -0.171. The van der Waals surface area contributed by atoms with E-state index >= 15 is 0 Å². The third-order valence-corrected chi connectivity index (χ3v) is 9.27. The summed E-state index contributed by atoms with van der Waals surface area (Å²) in [6.45, 7) is 8.93. The maximum absolute atomic E-state index is 13.9.